The molecular formula is C24H31N3. The summed E-state index contributed by atoms with van der Waals surface area (Å²) < 4.78 is 0. The molecule has 0 fully saturated rings. The van der Waals surface area contributed by atoms with Crippen LogP contribution in [0.4, 0.5) is 0 Å². The predicted molar refractivity (Wildman–Crippen MR) is 117 cm³/mol. The van der Waals surface area contributed by atoms with Crippen molar-refractivity contribution >= 4 is 23.1 Å². The molecule has 3 aromatic rings. The zero-order chi connectivity index (χ0) is 19.2. The second kappa shape index (κ2) is 9.01. The lowest BCUT2D eigenvalue weighted by Crippen LogP contribution is -2.24. The second-order valence-corrected chi connectivity index (χ2v) is 7.45. The molecule has 0 saturated heterocycles. The molecule has 0 bridgehead atoms. The normalized spacial score (nSPS) is 11.9. The molecular weight excluding hydrogens is 330 g/mol. The molecule has 0 saturated carbocycles. The van der Waals surface area contributed by atoms with E-state index in [2.05, 4.69) is 91.3 Å². The first-order chi connectivity index (χ1) is 13.1. The maximum absolute atomic E-state index is 4.49. The lowest BCUT2D eigenvalue weighted by Gasteiger charge is -2.21. The minimum atomic E-state index is 0.997. The third-order valence-corrected chi connectivity index (χ3v) is 5.08. The van der Waals surface area contributed by atoms with E-state index in [0.29, 0.717) is 0 Å². The predicted octanol–water partition coefficient (Wildman–Crippen LogP) is 5.97. The lowest BCUT2D eigenvalue weighted by atomic mass is 10.1. The molecule has 0 aliphatic carbocycles. The molecule has 0 radical (unpaired) electrons. The molecule has 27 heavy (non-hydrogen) atoms. The Morgan fingerprint density at radius 3 is 2.44 bits per heavy atom. The number of hydrogen-bond acceptors (Lipinski definition) is 2. The Hall–Kier alpha value is -2.39. The monoisotopic (exact) mass is 361 g/mol. The van der Waals surface area contributed by atoms with Gasteiger partial charge in [-0.05, 0) is 80.2 Å². The summed E-state index contributed by atoms with van der Waals surface area (Å²) >= 11 is 0. The number of aromatic amines is 1. The molecule has 0 unspecified atom stereocenters. The molecule has 1 N–H and O–H groups in total. The van der Waals surface area contributed by atoms with Gasteiger partial charge in [0.1, 0.15) is 0 Å². The third-order valence-electron chi connectivity index (χ3n) is 5.08. The first kappa shape index (κ1) is 19.4. The van der Waals surface area contributed by atoms with Gasteiger partial charge in [-0.3, -0.25) is 10.00 Å². The van der Waals surface area contributed by atoms with Crippen LogP contribution in [-0.4, -0.2) is 28.2 Å². The molecule has 3 nitrogen and oxygen atoms in total. The average Bonchev–Trinajstić information content (AvgIpc) is 3.03. The van der Waals surface area contributed by atoms with Crippen molar-refractivity contribution in [3.8, 4) is 0 Å². The van der Waals surface area contributed by atoms with Crippen molar-refractivity contribution in [1.29, 1.82) is 0 Å². The van der Waals surface area contributed by atoms with Crippen LogP contribution in [0.25, 0.3) is 23.1 Å². The fourth-order valence-corrected chi connectivity index (χ4v) is 3.56. The van der Waals surface area contributed by atoms with Crippen molar-refractivity contribution in [3.05, 3.63) is 64.3 Å². The van der Waals surface area contributed by atoms with Gasteiger partial charge in [-0.1, -0.05) is 44.2 Å². The van der Waals surface area contributed by atoms with E-state index in [4.69, 9.17) is 0 Å². The standard InChI is InChI=1S/C24H31N3/c1-5-12-27(13-6-2)17-21-9-7-8-20(16-21)10-11-23-22-14-18(3)19(4)15-24(22)26-25-23/h7-11,14-16H,5-6,12-13,17H2,1-4H3,(H,25,26)/b11-10+. The third kappa shape index (κ3) is 4.86. The van der Waals surface area contributed by atoms with Gasteiger partial charge in [0.25, 0.3) is 0 Å². The van der Waals surface area contributed by atoms with Gasteiger partial charge >= 0.3 is 0 Å². The highest BCUT2D eigenvalue weighted by Gasteiger charge is 2.06. The van der Waals surface area contributed by atoms with E-state index < -0.39 is 0 Å². The van der Waals surface area contributed by atoms with Crippen molar-refractivity contribution in [2.75, 3.05) is 13.1 Å². The van der Waals surface area contributed by atoms with Gasteiger partial charge in [0.05, 0.1) is 11.2 Å². The molecule has 0 aliphatic rings. The van der Waals surface area contributed by atoms with Crippen molar-refractivity contribution in [2.45, 2.75) is 47.1 Å². The summed E-state index contributed by atoms with van der Waals surface area (Å²) in [5.41, 5.74) is 7.28. The number of aromatic nitrogens is 2. The summed E-state index contributed by atoms with van der Waals surface area (Å²) in [5, 5.41) is 8.83. The number of aryl methyl sites for hydroxylation is 2. The van der Waals surface area contributed by atoms with Gasteiger partial charge in [0, 0.05) is 11.9 Å². The number of nitrogens with one attached hydrogen (secondary N) is 1. The van der Waals surface area contributed by atoms with E-state index in [9.17, 15) is 0 Å². The SMILES string of the molecule is CCCN(CCC)Cc1cccc(/C=C/c2n[nH]c3cc(C)c(C)cc23)c1. The van der Waals surface area contributed by atoms with Gasteiger partial charge in [-0.15, -0.1) is 0 Å². The van der Waals surface area contributed by atoms with Crippen LogP contribution in [0.5, 0.6) is 0 Å². The molecule has 1 aromatic heterocycles. The Bertz CT molecular complexity index is 915. The van der Waals surface area contributed by atoms with Crippen molar-refractivity contribution < 1.29 is 0 Å². The second-order valence-electron chi connectivity index (χ2n) is 7.45. The van der Waals surface area contributed by atoms with Crippen LogP contribution in [-0.2, 0) is 6.54 Å². The summed E-state index contributed by atoms with van der Waals surface area (Å²) in [5.74, 6) is 0. The maximum atomic E-state index is 4.49. The molecule has 0 aliphatic heterocycles. The minimum Gasteiger partial charge on any atom is -0.299 e. The Balaban J connectivity index is 1.79. The highest BCUT2D eigenvalue weighted by molar-refractivity contribution is 5.90. The largest absolute Gasteiger partial charge is 0.299 e. The van der Waals surface area contributed by atoms with Gasteiger partial charge in [-0.2, -0.15) is 5.10 Å². The van der Waals surface area contributed by atoms with Crippen molar-refractivity contribution in [3.63, 3.8) is 0 Å². The molecule has 3 rings (SSSR count). The van der Waals surface area contributed by atoms with E-state index in [0.717, 1.165) is 30.8 Å². The van der Waals surface area contributed by atoms with Crippen LogP contribution < -0.4 is 0 Å². The Morgan fingerprint density at radius 1 is 0.963 bits per heavy atom. The van der Waals surface area contributed by atoms with E-state index in [1.807, 2.05) is 0 Å². The lowest BCUT2D eigenvalue weighted by molar-refractivity contribution is 0.266. The quantitative estimate of drug-likeness (QED) is 0.536. The van der Waals surface area contributed by atoms with Crippen LogP contribution in [0.1, 0.15) is 54.6 Å². The molecule has 0 atom stereocenters. The maximum Gasteiger partial charge on any atom is 0.0927 e. The van der Waals surface area contributed by atoms with Crippen LogP contribution in [0, 0.1) is 13.8 Å². The highest BCUT2D eigenvalue weighted by Crippen LogP contribution is 2.22. The van der Waals surface area contributed by atoms with Crippen LogP contribution in [0.15, 0.2) is 36.4 Å². The van der Waals surface area contributed by atoms with Crippen molar-refractivity contribution in [2.24, 2.45) is 0 Å². The smallest absolute Gasteiger partial charge is 0.0927 e. The number of fused-ring (bicyclic) bond motifs is 1. The summed E-state index contributed by atoms with van der Waals surface area (Å²) in [4.78, 5) is 2.54. The molecule has 2 aromatic carbocycles. The van der Waals surface area contributed by atoms with Gasteiger partial charge in [-0.25, -0.2) is 0 Å². The molecule has 0 amide bonds. The average molecular weight is 362 g/mol. The van der Waals surface area contributed by atoms with Gasteiger partial charge < -0.3 is 0 Å². The fraction of sp³-hybridized carbons (Fsp3) is 0.375. The summed E-state index contributed by atoms with van der Waals surface area (Å²) in [6.45, 7) is 12.1. The van der Waals surface area contributed by atoms with Crippen molar-refractivity contribution in [1.82, 2.24) is 15.1 Å². The number of rotatable bonds is 8. The Kier molecular flexibility index (Phi) is 6.46. The van der Waals surface area contributed by atoms with Gasteiger partial charge in [0.15, 0.2) is 0 Å². The van der Waals surface area contributed by atoms with E-state index in [-0.39, 0.29) is 0 Å². The number of hydrogen-bond donors (Lipinski definition) is 1. The fourth-order valence-electron chi connectivity index (χ4n) is 3.56. The molecule has 0 spiro atoms. The number of benzene rings is 2. The highest BCUT2D eigenvalue weighted by atomic mass is 15.1. The topological polar surface area (TPSA) is 31.9 Å². The summed E-state index contributed by atoms with van der Waals surface area (Å²) in [6.07, 6.45) is 6.68. The molecule has 3 heteroatoms. The van der Waals surface area contributed by atoms with Crippen LogP contribution in [0.3, 0.4) is 0 Å². The Labute approximate surface area is 163 Å². The van der Waals surface area contributed by atoms with E-state index in [1.165, 1.54) is 40.5 Å². The van der Waals surface area contributed by atoms with Crippen LogP contribution in [0.2, 0.25) is 0 Å². The van der Waals surface area contributed by atoms with E-state index >= 15 is 0 Å². The summed E-state index contributed by atoms with van der Waals surface area (Å²) in [7, 11) is 0. The zero-order valence-electron chi connectivity index (χ0n) is 17.0. The van der Waals surface area contributed by atoms with Gasteiger partial charge in [0.2, 0.25) is 0 Å². The first-order valence-electron chi connectivity index (χ1n) is 10.1. The Morgan fingerprint density at radius 2 is 1.70 bits per heavy atom. The van der Waals surface area contributed by atoms with E-state index in [1.54, 1.807) is 0 Å². The molecule has 1 heterocycles. The summed E-state index contributed by atoms with van der Waals surface area (Å²) in [6, 6.07) is 13.2. The first-order valence-corrected chi connectivity index (χ1v) is 10.1. The minimum absolute atomic E-state index is 0.997. The number of nitrogens with zero attached hydrogens (tertiary/aromatic N) is 2. The van der Waals surface area contributed by atoms with Crippen LogP contribution >= 0.6 is 0 Å². The number of H-pyrrole nitrogens is 1. The zero-order valence-corrected chi connectivity index (χ0v) is 17.0. The molecule has 142 valence electrons.